The van der Waals surface area contributed by atoms with E-state index in [0.29, 0.717) is 4.47 Å². The van der Waals surface area contributed by atoms with Crippen molar-refractivity contribution in [3.8, 4) is 0 Å². The third-order valence-electron chi connectivity index (χ3n) is 2.23. The third-order valence-corrected chi connectivity index (χ3v) is 3.59. The molecule has 100 valence electrons. The Morgan fingerprint density at radius 3 is 2.61 bits per heavy atom. The Morgan fingerprint density at radius 1 is 1.50 bits per heavy atom. The van der Waals surface area contributed by atoms with E-state index in [1.807, 2.05) is 0 Å². The Bertz CT molecular complexity index is 621. The Morgan fingerprint density at radius 2 is 2.11 bits per heavy atom. The number of amides is 1. The standard InChI is InChI=1S/C10H13BrN2O4S/c1-12-9(14)8-5-7(11)6-13(10(8)15)3-4-18(2,16)17/h5-6H,3-4H2,1-2H3,(H,12,14). The van der Waals surface area contributed by atoms with E-state index in [9.17, 15) is 18.0 Å². The van der Waals surface area contributed by atoms with E-state index in [2.05, 4.69) is 21.2 Å². The lowest BCUT2D eigenvalue weighted by atomic mass is 10.2. The van der Waals surface area contributed by atoms with E-state index in [4.69, 9.17) is 0 Å². The molecule has 1 heterocycles. The maximum atomic E-state index is 11.9. The van der Waals surface area contributed by atoms with Crippen molar-refractivity contribution in [3.63, 3.8) is 0 Å². The summed E-state index contributed by atoms with van der Waals surface area (Å²) in [7, 11) is -1.75. The summed E-state index contributed by atoms with van der Waals surface area (Å²) in [6.45, 7) is 0.0150. The molecule has 6 nitrogen and oxygen atoms in total. The minimum Gasteiger partial charge on any atom is -0.355 e. The molecule has 0 spiro atoms. The first-order valence-electron chi connectivity index (χ1n) is 5.04. The maximum absolute atomic E-state index is 11.9. The molecule has 0 radical (unpaired) electrons. The number of sulfone groups is 1. The lowest BCUT2D eigenvalue weighted by Gasteiger charge is -2.08. The normalized spacial score (nSPS) is 11.3. The highest BCUT2D eigenvalue weighted by atomic mass is 79.9. The molecule has 0 unspecified atom stereocenters. The second-order valence-corrected chi connectivity index (χ2v) is 6.95. The molecule has 0 aromatic carbocycles. The van der Waals surface area contributed by atoms with Gasteiger partial charge in [0.15, 0.2) is 0 Å². The van der Waals surface area contributed by atoms with Crippen LogP contribution in [0.4, 0.5) is 0 Å². The number of halogens is 1. The zero-order valence-electron chi connectivity index (χ0n) is 9.94. The van der Waals surface area contributed by atoms with Crippen LogP contribution in [-0.2, 0) is 16.4 Å². The average molecular weight is 337 g/mol. The number of aryl methyl sites for hydroxylation is 1. The highest BCUT2D eigenvalue weighted by Gasteiger charge is 2.13. The van der Waals surface area contributed by atoms with Crippen LogP contribution in [0.25, 0.3) is 0 Å². The van der Waals surface area contributed by atoms with Gasteiger partial charge in [0.1, 0.15) is 15.4 Å². The van der Waals surface area contributed by atoms with Gasteiger partial charge in [0.2, 0.25) is 0 Å². The fourth-order valence-electron chi connectivity index (χ4n) is 1.33. The summed E-state index contributed by atoms with van der Waals surface area (Å²) in [6.07, 6.45) is 2.55. The molecule has 1 amide bonds. The fourth-order valence-corrected chi connectivity index (χ4v) is 2.33. The first-order valence-corrected chi connectivity index (χ1v) is 7.90. The van der Waals surface area contributed by atoms with Crippen molar-refractivity contribution in [1.29, 1.82) is 0 Å². The zero-order valence-corrected chi connectivity index (χ0v) is 12.3. The van der Waals surface area contributed by atoms with Crippen LogP contribution in [0.5, 0.6) is 0 Å². The van der Waals surface area contributed by atoms with Crippen LogP contribution >= 0.6 is 15.9 Å². The Kier molecular flexibility index (Phi) is 4.69. The minimum absolute atomic E-state index is 0.0150. The molecule has 0 bridgehead atoms. The molecule has 18 heavy (non-hydrogen) atoms. The number of aromatic nitrogens is 1. The number of carbonyl (C=O) groups excluding carboxylic acids is 1. The molecule has 1 aromatic heterocycles. The predicted molar refractivity (Wildman–Crippen MR) is 71.5 cm³/mol. The van der Waals surface area contributed by atoms with Crippen LogP contribution in [-0.4, -0.2) is 37.9 Å². The summed E-state index contributed by atoms with van der Waals surface area (Å²) in [5.74, 6) is -0.661. The monoisotopic (exact) mass is 336 g/mol. The van der Waals surface area contributed by atoms with Gasteiger partial charge in [-0.3, -0.25) is 9.59 Å². The number of carbonyl (C=O) groups is 1. The largest absolute Gasteiger partial charge is 0.355 e. The molecular weight excluding hydrogens is 324 g/mol. The molecular formula is C10H13BrN2O4S. The van der Waals surface area contributed by atoms with Gasteiger partial charge in [-0.25, -0.2) is 8.42 Å². The first-order chi connectivity index (χ1) is 8.24. The smallest absolute Gasteiger partial charge is 0.263 e. The molecule has 0 fully saturated rings. The van der Waals surface area contributed by atoms with Crippen LogP contribution in [0.15, 0.2) is 21.5 Å². The van der Waals surface area contributed by atoms with Crippen molar-refractivity contribution in [2.45, 2.75) is 6.54 Å². The Balaban J connectivity index is 3.18. The van der Waals surface area contributed by atoms with Gasteiger partial charge in [-0.2, -0.15) is 0 Å². The van der Waals surface area contributed by atoms with Crippen molar-refractivity contribution >= 4 is 31.7 Å². The van der Waals surface area contributed by atoms with Crippen molar-refractivity contribution < 1.29 is 13.2 Å². The van der Waals surface area contributed by atoms with Crippen LogP contribution in [0.3, 0.4) is 0 Å². The second kappa shape index (κ2) is 5.66. The van der Waals surface area contributed by atoms with Gasteiger partial charge in [-0.1, -0.05) is 0 Å². The molecule has 0 aliphatic heterocycles. The molecule has 0 atom stereocenters. The highest BCUT2D eigenvalue weighted by Crippen LogP contribution is 2.09. The molecule has 0 saturated carbocycles. The van der Waals surface area contributed by atoms with Crippen molar-refractivity contribution in [2.75, 3.05) is 19.1 Å². The van der Waals surface area contributed by atoms with E-state index in [1.54, 1.807) is 0 Å². The molecule has 1 N–H and O–H groups in total. The lowest BCUT2D eigenvalue weighted by molar-refractivity contribution is 0.0961. The summed E-state index contributed by atoms with van der Waals surface area (Å²) in [6, 6.07) is 1.40. The van der Waals surface area contributed by atoms with Gasteiger partial charge < -0.3 is 9.88 Å². The number of pyridine rings is 1. The lowest BCUT2D eigenvalue weighted by Crippen LogP contribution is -2.32. The van der Waals surface area contributed by atoms with E-state index < -0.39 is 21.3 Å². The van der Waals surface area contributed by atoms with Gasteiger partial charge >= 0.3 is 0 Å². The number of hydrogen-bond acceptors (Lipinski definition) is 4. The quantitative estimate of drug-likeness (QED) is 0.839. The fraction of sp³-hybridized carbons (Fsp3) is 0.400. The first kappa shape index (κ1) is 14.9. The van der Waals surface area contributed by atoms with Gasteiger partial charge in [0, 0.05) is 30.5 Å². The average Bonchev–Trinajstić information content (AvgIpc) is 2.27. The zero-order chi connectivity index (χ0) is 13.9. The molecule has 0 aliphatic rings. The van der Waals surface area contributed by atoms with Crippen molar-refractivity contribution in [2.24, 2.45) is 0 Å². The van der Waals surface area contributed by atoms with E-state index >= 15 is 0 Å². The van der Waals surface area contributed by atoms with Crippen LogP contribution in [0.1, 0.15) is 10.4 Å². The van der Waals surface area contributed by atoms with Gasteiger partial charge in [-0.05, 0) is 22.0 Å². The predicted octanol–water partition coefficient (Wildman–Crippen LogP) is 0.0150. The van der Waals surface area contributed by atoms with Crippen molar-refractivity contribution in [1.82, 2.24) is 9.88 Å². The number of nitrogens with zero attached hydrogens (tertiary/aromatic N) is 1. The minimum atomic E-state index is -3.17. The molecule has 1 rings (SSSR count). The molecule has 0 aliphatic carbocycles. The Labute approximate surface area is 113 Å². The van der Waals surface area contributed by atoms with Crippen LogP contribution in [0, 0.1) is 0 Å². The van der Waals surface area contributed by atoms with Crippen LogP contribution < -0.4 is 10.9 Å². The summed E-state index contributed by atoms with van der Waals surface area (Å²) in [4.78, 5) is 23.4. The van der Waals surface area contributed by atoms with E-state index in [-0.39, 0.29) is 17.9 Å². The molecule has 8 heteroatoms. The molecule has 0 saturated heterocycles. The van der Waals surface area contributed by atoms with Crippen molar-refractivity contribution in [3.05, 3.63) is 32.7 Å². The maximum Gasteiger partial charge on any atom is 0.263 e. The second-order valence-electron chi connectivity index (χ2n) is 3.78. The number of hydrogen-bond donors (Lipinski definition) is 1. The summed E-state index contributed by atoms with van der Waals surface area (Å²) in [5.41, 5.74) is -0.540. The third kappa shape index (κ3) is 3.95. The van der Waals surface area contributed by atoms with Gasteiger partial charge in [0.25, 0.3) is 11.5 Å². The van der Waals surface area contributed by atoms with E-state index in [0.717, 1.165) is 6.26 Å². The topological polar surface area (TPSA) is 85.2 Å². The highest BCUT2D eigenvalue weighted by molar-refractivity contribution is 9.10. The Hall–Kier alpha value is -1.15. The summed E-state index contributed by atoms with van der Waals surface area (Å²) in [5, 5.41) is 2.36. The summed E-state index contributed by atoms with van der Waals surface area (Å²) >= 11 is 3.18. The van der Waals surface area contributed by atoms with Gasteiger partial charge in [-0.15, -0.1) is 0 Å². The van der Waals surface area contributed by atoms with Crippen LogP contribution in [0.2, 0.25) is 0 Å². The number of nitrogens with one attached hydrogen (secondary N) is 1. The molecule has 1 aromatic rings. The SMILES string of the molecule is CNC(=O)c1cc(Br)cn(CCS(C)(=O)=O)c1=O. The van der Waals surface area contributed by atoms with Gasteiger partial charge in [0.05, 0.1) is 5.75 Å². The van der Waals surface area contributed by atoms with E-state index in [1.165, 1.54) is 23.9 Å². The summed E-state index contributed by atoms with van der Waals surface area (Å²) < 4.78 is 23.9. The number of rotatable bonds is 4.